The van der Waals surface area contributed by atoms with Gasteiger partial charge < -0.3 is 14.8 Å². The van der Waals surface area contributed by atoms with Crippen LogP contribution in [0.5, 0.6) is 5.75 Å². The van der Waals surface area contributed by atoms with Crippen molar-refractivity contribution in [2.75, 3.05) is 13.1 Å². The first-order valence-electron chi connectivity index (χ1n) is 6.39. The molecule has 0 spiro atoms. The molecule has 1 aromatic rings. The predicted octanol–water partition coefficient (Wildman–Crippen LogP) is 2.31. The van der Waals surface area contributed by atoms with Crippen LogP contribution in [0.1, 0.15) is 25.3 Å². The molecule has 2 aliphatic rings. The van der Waals surface area contributed by atoms with Crippen molar-refractivity contribution in [2.24, 2.45) is 5.92 Å². The molecule has 1 aromatic carbocycles. The number of rotatable bonds is 1. The number of hydrogen-bond acceptors (Lipinski definition) is 3. The Morgan fingerprint density at radius 1 is 1.35 bits per heavy atom. The lowest BCUT2D eigenvalue weighted by molar-refractivity contribution is -0.228. The first-order valence-corrected chi connectivity index (χ1v) is 6.39. The molecule has 0 bridgehead atoms. The molecule has 0 aliphatic carbocycles. The van der Waals surface area contributed by atoms with Crippen LogP contribution >= 0.6 is 0 Å². The minimum absolute atomic E-state index is 0.435. The van der Waals surface area contributed by atoms with Gasteiger partial charge in [-0.3, -0.25) is 0 Å². The SMILES string of the molecule is CC1(C2CCCNC2)OCc2ccccc2O1. The van der Waals surface area contributed by atoms with E-state index in [1.54, 1.807) is 0 Å². The molecule has 1 saturated heterocycles. The van der Waals surface area contributed by atoms with Crippen molar-refractivity contribution in [3.05, 3.63) is 29.8 Å². The Kier molecular flexibility index (Phi) is 2.81. The first-order chi connectivity index (χ1) is 8.28. The van der Waals surface area contributed by atoms with Crippen LogP contribution in [0.3, 0.4) is 0 Å². The molecule has 2 atom stereocenters. The Balaban J connectivity index is 1.81. The van der Waals surface area contributed by atoms with E-state index in [1.165, 1.54) is 12.8 Å². The molecule has 2 heterocycles. The number of para-hydroxylation sites is 1. The third-order valence-corrected chi connectivity index (χ3v) is 3.84. The Labute approximate surface area is 102 Å². The zero-order valence-electron chi connectivity index (χ0n) is 10.2. The monoisotopic (exact) mass is 233 g/mol. The number of piperidine rings is 1. The topological polar surface area (TPSA) is 30.5 Å². The van der Waals surface area contributed by atoms with Gasteiger partial charge in [0.05, 0.1) is 6.61 Å². The molecular formula is C14H19NO2. The smallest absolute Gasteiger partial charge is 0.212 e. The number of benzene rings is 1. The number of hydrogen-bond donors (Lipinski definition) is 1. The summed E-state index contributed by atoms with van der Waals surface area (Å²) in [5, 5.41) is 3.42. The average molecular weight is 233 g/mol. The van der Waals surface area contributed by atoms with E-state index in [4.69, 9.17) is 9.47 Å². The zero-order valence-corrected chi connectivity index (χ0v) is 10.2. The largest absolute Gasteiger partial charge is 0.462 e. The molecule has 3 rings (SSSR count). The van der Waals surface area contributed by atoms with Gasteiger partial charge in [0.2, 0.25) is 5.79 Å². The van der Waals surface area contributed by atoms with Crippen LogP contribution in [-0.2, 0) is 11.3 Å². The van der Waals surface area contributed by atoms with E-state index in [9.17, 15) is 0 Å². The Bertz CT molecular complexity index is 401. The van der Waals surface area contributed by atoms with Gasteiger partial charge in [-0.2, -0.15) is 0 Å². The van der Waals surface area contributed by atoms with Crippen molar-refractivity contribution in [3.63, 3.8) is 0 Å². The molecule has 2 unspecified atom stereocenters. The minimum Gasteiger partial charge on any atom is -0.462 e. The fourth-order valence-corrected chi connectivity index (χ4v) is 2.69. The molecule has 2 aliphatic heterocycles. The van der Waals surface area contributed by atoms with Crippen molar-refractivity contribution in [2.45, 2.75) is 32.2 Å². The minimum atomic E-state index is -0.470. The summed E-state index contributed by atoms with van der Waals surface area (Å²) < 4.78 is 12.1. The second kappa shape index (κ2) is 4.31. The van der Waals surface area contributed by atoms with Gasteiger partial charge in [0, 0.05) is 24.9 Å². The van der Waals surface area contributed by atoms with Gasteiger partial charge in [0.1, 0.15) is 5.75 Å². The molecule has 3 heteroatoms. The summed E-state index contributed by atoms with van der Waals surface area (Å²) in [5.74, 6) is 0.943. The number of ether oxygens (including phenoxy) is 2. The lowest BCUT2D eigenvalue weighted by Gasteiger charge is -2.42. The number of nitrogens with one attached hydrogen (secondary N) is 1. The summed E-state index contributed by atoms with van der Waals surface area (Å²) in [5.41, 5.74) is 1.15. The first kappa shape index (κ1) is 11.1. The highest BCUT2D eigenvalue weighted by molar-refractivity contribution is 5.34. The fourth-order valence-electron chi connectivity index (χ4n) is 2.69. The number of fused-ring (bicyclic) bond motifs is 1. The molecule has 0 saturated carbocycles. The van der Waals surface area contributed by atoms with Crippen LogP contribution in [-0.4, -0.2) is 18.9 Å². The predicted molar refractivity (Wildman–Crippen MR) is 65.9 cm³/mol. The molecule has 3 nitrogen and oxygen atoms in total. The van der Waals surface area contributed by atoms with Gasteiger partial charge in [-0.25, -0.2) is 0 Å². The average Bonchev–Trinajstić information content (AvgIpc) is 2.40. The van der Waals surface area contributed by atoms with E-state index in [0.29, 0.717) is 12.5 Å². The van der Waals surface area contributed by atoms with E-state index in [2.05, 4.69) is 18.3 Å². The Morgan fingerprint density at radius 2 is 2.24 bits per heavy atom. The third-order valence-electron chi connectivity index (χ3n) is 3.84. The van der Waals surface area contributed by atoms with Gasteiger partial charge in [0.15, 0.2) is 0 Å². The normalized spacial score (nSPS) is 32.6. The molecular weight excluding hydrogens is 214 g/mol. The second-order valence-electron chi connectivity index (χ2n) is 5.06. The maximum atomic E-state index is 6.10. The molecule has 1 N–H and O–H groups in total. The van der Waals surface area contributed by atoms with E-state index in [1.807, 2.05) is 18.2 Å². The summed E-state index contributed by atoms with van der Waals surface area (Å²) in [6.45, 7) is 4.83. The van der Waals surface area contributed by atoms with Crippen LogP contribution in [0.25, 0.3) is 0 Å². The summed E-state index contributed by atoms with van der Waals surface area (Å²) in [7, 11) is 0. The van der Waals surface area contributed by atoms with Crippen molar-refractivity contribution >= 4 is 0 Å². The lowest BCUT2D eigenvalue weighted by atomic mass is 9.91. The van der Waals surface area contributed by atoms with Gasteiger partial charge in [0.25, 0.3) is 0 Å². The van der Waals surface area contributed by atoms with Gasteiger partial charge in [-0.05, 0) is 25.5 Å². The van der Waals surface area contributed by atoms with Crippen LogP contribution in [0, 0.1) is 5.92 Å². The van der Waals surface area contributed by atoms with Crippen molar-refractivity contribution < 1.29 is 9.47 Å². The molecule has 0 aromatic heterocycles. The molecule has 0 amide bonds. The zero-order chi connectivity index (χ0) is 11.7. The summed E-state index contributed by atoms with van der Waals surface area (Å²) >= 11 is 0. The van der Waals surface area contributed by atoms with Crippen LogP contribution in [0.2, 0.25) is 0 Å². The van der Waals surface area contributed by atoms with Crippen LogP contribution in [0.15, 0.2) is 24.3 Å². The van der Waals surface area contributed by atoms with Crippen LogP contribution in [0.4, 0.5) is 0 Å². The van der Waals surface area contributed by atoms with Crippen molar-refractivity contribution in [3.8, 4) is 5.75 Å². The van der Waals surface area contributed by atoms with E-state index in [-0.39, 0.29) is 0 Å². The summed E-state index contributed by atoms with van der Waals surface area (Å²) in [4.78, 5) is 0. The lowest BCUT2D eigenvalue weighted by Crippen LogP contribution is -2.51. The second-order valence-corrected chi connectivity index (χ2v) is 5.06. The van der Waals surface area contributed by atoms with Crippen molar-refractivity contribution in [1.82, 2.24) is 5.32 Å². The highest BCUT2D eigenvalue weighted by Crippen LogP contribution is 2.37. The maximum Gasteiger partial charge on any atom is 0.212 e. The molecule has 17 heavy (non-hydrogen) atoms. The van der Waals surface area contributed by atoms with Crippen molar-refractivity contribution in [1.29, 1.82) is 0 Å². The summed E-state index contributed by atoms with van der Waals surface area (Å²) in [6.07, 6.45) is 2.38. The van der Waals surface area contributed by atoms with E-state index in [0.717, 1.165) is 24.4 Å². The highest BCUT2D eigenvalue weighted by atomic mass is 16.7. The van der Waals surface area contributed by atoms with Gasteiger partial charge >= 0.3 is 0 Å². The standard InChI is InChI=1S/C14H19NO2/c1-14(12-6-4-8-15-9-12)16-10-11-5-2-3-7-13(11)17-14/h2-3,5,7,12,15H,4,6,8-10H2,1H3. The van der Waals surface area contributed by atoms with Crippen LogP contribution < -0.4 is 10.1 Å². The quantitative estimate of drug-likeness (QED) is 0.807. The molecule has 92 valence electrons. The van der Waals surface area contributed by atoms with Gasteiger partial charge in [-0.15, -0.1) is 0 Å². The Hall–Kier alpha value is -1.06. The van der Waals surface area contributed by atoms with E-state index < -0.39 is 5.79 Å². The maximum absolute atomic E-state index is 6.10. The van der Waals surface area contributed by atoms with Gasteiger partial charge in [-0.1, -0.05) is 18.2 Å². The fraction of sp³-hybridized carbons (Fsp3) is 0.571. The van der Waals surface area contributed by atoms with E-state index >= 15 is 0 Å². The Morgan fingerprint density at radius 3 is 3.06 bits per heavy atom. The molecule has 1 fully saturated rings. The highest BCUT2D eigenvalue weighted by Gasteiger charge is 2.41. The third kappa shape index (κ3) is 2.05. The summed E-state index contributed by atoms with van der Waals surface area (Å²) in [6, 6.07) is 8.14. The molecule has 0 radical (unpaired) electrons.